The van der Waals surface area contributed by atoms with Gasteiger partial charge in [0.15, 0.2) is 6.04 Å². The van der Waals surface area contributed by atoms with E-state index in [1.807, 2.05) is 0 Å². The van der Waals surface area contributed by atoms with Crippen LogP contribution in [0.15, 0.2) is 12.2 Å². The van der Waals surface area contributed by atoms with Crippen molar-refractivity contribution >= 4 is 25.7 Å². The van der Waals surface area contributed by atoms with Crippen molar-refractivity contribution in [2.24, 2.45) is 0 Å². The number of carbonyl (C=O) groups is 3. The highest BCUT2D eigenvalue weighted by Gasteiger charge is 2.28. The first-order chi connectivity index (χ1) is 25.1. The number of unbranched alkanes of at least 4 members (excludes halogenated alkanes) is 23. The summed E-state index contributed by atoms with van der Waals surface area (Å²) in [5.41, 5.74) is 0. The van der Waals surface area contributed by atoms with Crippen molar-refractivity contribution in [2.75, 3.05) is 19.8 Å². The number of phosphoric acid groups is 1. The largest absolute Gasteiger partial charge is 0.480 e. The van der Waals surface area contributed by atoms with Crippen LogP contribution in [0.25, 0.3) is 0 Å². The molecule has 0 aliphatic heterocycles. The summed E-state index contributed by atoms with van der Waals surface area (Å²) in [4.78, 5) is 45.7. The van der Waals surface area contributed by atoms with E-state index in [9.17, 15) is 34.1 Å². The fraction of sp³-hybridized carbons (Fsp3) is 0.875. The Hall–Kier alpha value is -1.78. The van der Waals surface area contributed by atoms with Crippen LogP contribution in [-0.2, 0) is 32.7 Å². The summed E-state index contributed by atoms with van der Waals surface area (Å²) < 4.78 is 26.7. The molecule has 306 valence electrons. The summed E-state index contributed by atoms with van der Waals surface area (Å²) in [5, 5.41) is 21.7. The number of esters is 1. The van der Waals surface area contributed by atoms with E-state index in [2.05, 4.69) is 31.3 Å². The Morgan fingerprint density at radius 2 is 1.04 bits per heavy atom. The molecule has 1 amide bonds. The van der Waals surface area contributed by atoms with Crippen LogP contribution in [0.2, 0.25) is 0 Å². The van der Waals surface area contributed by atoms with E-state index in [1.54, 1.807) is 0 Å². The Morgan fingerprint density at radius 1 is 0.596 bits per heavy atom. The number of nitrogens with one attached hydrogen (secondary N) is 1. The summed E-state index contributed by atoms with van der Waals surface area (Å²) in [5.74, 6) is -2.38. The van der Waals surface area contributed by atoms with Crippen molar-refractivity contribution in [3.05, 3.63) is 12.2 Å². The number of aliphatic carboxylic acids is 1. The van der Waals surface area contributed by atoms with Crippen molar-refractivity contribution in [3.8, 4) is 0 Å². The van der Waals surface area contributed by atoms with Crippen molar-refractivity contribution in [1.82, 2.24) is 5.32 Å². The molecule has 0 aliphatic rings. The Morgan fingerprint density at radius 3 is 1.54 bits per heavy atom. The lowest BCUT2D eigenvalue weighted by molar-refractivity contribution is -0.147. The quantitative estimate of drug-likeness (QED) is 0.0205. The molecule has 0 radical (unpaired) electrons. The third-order valence-corrected chi connectivity index (χ3v) is 9.99. The SMILES string of the molecule is CCC/C=C\CCCCCCCC(=O)NC(COP(=O)(O)OCC(O)COC(=O)CCCCCCCCCCCCCCCCCCCC)C(=O)O. The third kappa shape index (κ3) is 35.3. The molecule has 12 heteroatoms. The van der Waals surface area contributed by atoms with Crippen LogP contribution in [0, 0.1) is 0 Å². The number of carboxylic acids is 1. The Labute approximate surface area is 316 Å². The van der Waals surface area contributed by atoms with E-state index >= 15 is 0 Å². The number of rotatable bonds is 39. The van der Waals surface area contributed by atoms with Crippen molar-refractivity contribution in [2.45, 2.75) is 206 Å². The van der Waals surface area contributed by atoms with E-state index in [1.165, 1.54) is 89.9 Å². The van der Waals surface area contributed by atoms with Gasteiger partial charge in [-0.15, -0.1) is 0 Å². The molecule has 3 unspecified atom stereocenters. The number of aliphatic hydroxyl groups excluding tert-OH is 1. The Balaban J connectivity index is 3.85. The highest BCUT2D eigenvalue weighted by molar-refractivity contribution is 7.47. The summed E-state index contributed by atoms with van der Waals surface area (Å²) in [6.07, 6.45) is 34.0. The summed E-state index contributed by atoms with van der Waals surface area (Å²) >= 11 is 0. The number of ether oxygens (including phenoxy) is 1. The Kier molecular flexibility index (Phi) is 35.0. The number of amides is 1. The maximum Gasteiger partial charge on any atom is 0.472 e. The first kappa shape index (κ1) is 50.2. The van der Waals surface area contributed by atoms with Crippen LogP contribution in [0.4, 0.5) is 0 Å². The lowest BCUT2D eigenvalue weighted by Gasteiger charge is -2.18. The minimum atomic E-state index is -4.75. The predicted molar refractivity (Wildman–Crippen MR) is 208 cm³/mol. The van der Waals surface area contributed by atoms with Crippen LogP contribution in [0.1, 0.15) is 194 Å². The number of carboxylic acid groups (broad SMARTS) is 1. The topological polar surface area (TPSA) is 169 Å². The molecule has 0 bridgehead atoms. The normalized spacial score (nSPS) is 13.9. The van der Waals surface area contributed by atoms with E-state index in [0.29, 0.717) is 12.8 Å². The average Bonchev–Trinajstić information content (AvgIpc) is 3.11. The van der Waals surface area contributed by atoms with Gasteiger partial charge in [-0.3, -0.25) is 18.6 Å². The number of allylic oxidation sites excluding steroid dienone is 2. The lowest BCUT2D eigenvalue weighted by Crippen LogP contribution is -2.43. The van der Waals surface area contributed by atoms with Gasteiger partial charge >= 0.3 is 19.8 Å². The lowest BCUT2D eigenvalue weighted by atomic mass is 10.0. The van der Waals surface area contributed by atoms with E-state index < -0.39 is 57.6 Å². The summed E-state index contributed by atoms with van der Waals surface area (Å²) in [6.45, 7) is 2.52. The van der Waals surface area contributed by atoms with Crippen LogP contribution in [-0.4, -0.2) is 64.9 Å². The summed E-state index contributed by atoms with van der Waals surface area (Å²) in [6, 6.07) is -1.54. The van der Waals surface area contributed by atoms with Gasteiger partial charge in [-0.2, -0.15) is 0 Å². The zero-order chi connectivity index (χ0) is 38.5. The number of phosphoric ester groups is 1. The molecule has 0 saturated carbocycles. The van der Waals surface area contributed by atoms with Gasteiger partial charge in [0.2, 0.25) is 5.91 Å². The molecule has 0 spiro atoms. The Bertz CT molecular complexity index is 947. The molecule has 52 heavy (non-hydrogen) atoms. The fourth-order valence-corrected chi connectivity index (χ4v) is 6.56. The van der Waals surface area contributed by atoms with E-state index in [-0.39, 0.29) is 12.8 Å². The van der Waals surface area contributed by atoms with Gasteiger partial charge < -0.3 is 25.2 Å². The van der Waals surface area contributed by atoms with Crippen molar-refractivity contribution in [3.63, 3.8) is 0 Å². The molecule has 0 aromatic carbocycles. The number of carbonyl (C=O) groups excluding carboxylic acids is 2. The van der Waals surface area contributed by atoms with Crippen molar-refractivity contribution in [1.29, 1.82) is 0 Å². The van der Waals surface area contributed by atoms with Gasteiger partial charge in [0.25, 0.3) is 0 Å². The minimum absolute atomic E-state index is 0.137. The van der Waals surface area contributed by atoms with E-state index in [4.69, 9.17) is 13.8 Å². The fourth-order valence-electron chi connectivity index (χ4n) is 5.79. The van der Waals surface area contributed by atoms with Crippen LogP contribution in [0.5, 0.6) is 0 Å². The molecule has 0 fully saturated rings. The molecule has 0 aliphatic carbocycles. The smallest absolute Gasteiger partial charge is 0.472 e. The first-order valence-corrected chi connectivity index (χ1v) is 22.2. The molecular formula is C40H76NO10P. The molecule has 3 atom stereocenters. The zero-order valence-electron chi connectivity index (χ0n) is 32.9. The number of aliphatic hydroxyl groups is 1. The third-order valence-electron chi connectivity index (χ3n) is 9.04. The second-order valence-corrected chi connectivity index (χ2v) is 15.6. The van der Waals surface area contributed by atoms with Crippen LogP contribution < -0.4 is 5.32 Å². The molecular weight excluding hydrogens is 685 g/mol. The minimum Gasteiger partial charge on any atom is -0.480 e. The van der Waals surface area contributed by atoms with E-state index in [0.717, 1.165) is 64.2 Å². The van der Waals surface area contributed by atoms with Gasteiger partial charge in [0.1, 0.15) is 12.7 Å². The average molecular weight is 762 g/mol. The maximum atomic E-state index is 12.2. The first-order valence-electron chi connectivity index (χ1n) is 20.7. The maximum absolute atomic E-state index is 12.2. The van der Waals surface area contributed by atoms with Crippen LogP contribution in [0.3, 0.4) is 0 Å². The number of hydrogen-bond acceptors (Lipinski definition) is 8. The highest BCUT2D eigenvalue weighted by atomic mass is 31.2. The predicted octanol–water partition coefficient (Wildman–Crippen LogP) is 10.1. The monoisotopic (exact) mass is 762 g/mol. The second-order valence-electron chi connectivity index (χ2n) is 14.2. The number of hydrogen-bond donors (Lipinski definition) is 4. The van der Waals surface area contributed by atoms with Gasteiger partial charge in [-0.25, -0.2) is 9.36 Å². The molecule has 0 aromatic rings. The molecule has 4 N–H and O–H groups in total. The molecule has 0 heterocycles. The molecule has 11 nitrogen and oxygen atoms in total. The molecule has 0 rings (SSSR count). The highest BCUT2D eigenvalue weighted by Crippen LogP contribution is 2.43. The molecule has 0 aromatic heterocycles. The van der Waals surface area contributed by atoms with Gasteiger partial charge in [-0.1, -0.05) is 161 Å². The standard InChI is InChI=1S/C40H76NO10P/c1-3-5-7-9-11-13-15-16-17-18-19-20-21-22-24-26-28-30-32-39(44)49-33-36(42)34-50-52(47,48)51-35-37(40(45)46)41-38(43)31-29-27-25-23-14-12-10-8-6-4-2/h8,10,36-37,42H,3-7,9,11-35H2,1-2H3,(H,41,43)(H,45,46)(H,47,48)/b10-8-. The summed E-state index contributed by atoms with van der Waals surface area (Å²) in [7, 11) is -4.75. The van der Waals surface area contributed by atoms with Gasteiger partial charge in [-0.05, 0) is 32.1 Å². The van der Waals surface area contributed by atoms with Crippen molar-refractivity contribution < 1.29 is 47.8 Å². The van der Waals surface area contributed by atoms with Gasteiger partial charge in [0.05, 0.1) is 13.2 Å². The molecule has 0 saturated heterocycles. The van der Waals surface area contributed by atoms with Crippen LogP contribution >= 0.6 is 7.82 Å². The second kappa shape index (κ2) is 36.2. The van der Waals surface area contributed by atoms with Gasteiger partial charge in [0, 0.05) is 12.8 Å². The zero-order valence-corrected chi connectivity index (χ0v) is 33.8.